The van der Waals surface area contributed by atoms with Crippen LogP contribution in [0.2, 0.25) is 0 Å². The summed E-state index contributed by atoms with van der Waals surface area (Å²) in [5.41, 5.74) is 0.824. The molecule has 1 heterocycles. The number of hydrogen-bond acceptors (Lipinski definition) is 1. The molecule has 1 nitrogen and oxygen atoms in total. The maximum absolute atomic E-state index is 2.72. The molecule has 1 unspecified atom stereocenters. The fraction of sp³-hybridized carbons (Fsp3) is 1.00. The van der Waals surface area contributed by atoms with Gasteiger partial charge in [0.2, 0.25) is 0 Å². The summed E-state index contributed by atoms with van der Waals surface area (Å²) in [7, 11) is 0. The lowest BCUT2D eigenvalue weighted by Gasteiger charge is -2.44. The Morgan fingerprint density at radius 2 is 1.73 bits per heavy atom. The third-order valence-electron chi connectivity index (χ3n) is 3.91. The molecule has 0 aromatic rings. The number of nitrogens with zero attached hydrogens (tertiary/aromatic N) is 1. The van der Waals surface area contributed by atoms with E-state index in [9.17, 15) is 0 Å². The van der Waals surface area contributed by atoms with Crippen LogP contribution < -0.4 is 0 Å². The Morgan fingerprint density at radius 1 is 1.13 bits per heavy atom. The quantitative estimate of drug-likeness (QED) is 0.680. The molecule has 0 aliphatic carbocycles. The van der Waals surface area contributed by atoms with E-state index in [2.05, 4.69) is 46.4 Å². The first kappa shape index (κ1) is 13.0. The van der Waals surface area contributed by atoms with Gasteiger partial charge in [0.05, 0.1) is 0 Å². The van der Waals surface area contributed by atoms with Crippen molar-refractivity contribution in [3.8, 4) is 0 Å². The van der Waals surface area contributed by atoms with Crippen molar-refractivity contribution in [2.75, 3.05) is 6.54 Å². The lowest BCUT2D eigenvalue weighted by atomic mass is 9.78. The van der Waals surface area contributed by atoms with Crippen LogP contribution in [0.15, 0.2) is 0 Å². The smallest absolute Gasteiger partial charge is 0.0152 e. The predicted molar refractivity (Wildman–Crippen MR) is 68.2 cm³/mol. The van der Waals surface area contributed by atoms with Gasteiger partial charge >= 0.3 is 0 Å². The third kappa shape index (κ3) is 2.96. The number of likely N-dealkylation sites (tertiary alicyclic amines) is 1. The lowest BCUT2D eigenvalue weighted by molar-refractivity contribution is 0.0446. The van der Waals surface area contributed by atoms with Crippen LogP contribution >= 0.6 is 0 Å². The largest absolute Gasteiger partial charge is 0.295 e. The Balaban J connectivity index is 2.76. The normalized spacial score (nSPS) is 24.8. The Morgan fingerprint density at radius 3 is 2.20 bits per heavy atom. The van der Waals surface area contributed by atoms with Gasteiger partial charge < -0.3 is 0 Å². The van der Waals surface area contributed by atoms with Gasteiger partial charge in [-0.15, -0.1) is 0 Å². The van der Waals surface area contributed by atoms with Crippen molar-refractivity contribution in [2.24, 2.45) is 5.41 Å². The standard InChI is InChI=1S/C14H29N/c1-7-10-14(5,6)12-9-8-11-15(12)13(2,3)4/h12H,7-11H2,1-6H3. The number of rotatable bonds is 3. The zero-order valence-electron chi connectivity index (χ0n) is 11.6. The van der Waals surface area contributed by atoms with Crippen molar-refractivity contribution < 1.29 is 0 Å². The van der Waals surface area contributed by atoms with E-state index >= 15 is 0 Å². The maximum Gasteiger partial charge on any atom is 0.0152 e. The van der Waals surface area contributed by atoms with Crippen molar-refractivity contribution in [3.63, 3.8) is 0 Å². The summed E-state index contributed by atoms with van der Waals surface area (Å²) < 4.78 is 0. The fourth-order valence-corrected chi connectivity index (χ4v) is 3.19. The van der Waals surface area contributed by atoms with Gasteiger partial charge in [0.15, 0.2) is 0 Å². The second-order valence-electron chi connectivity index (χ2n) is 6.76. The monoisotopic (exact) mass is 211 g/mol. The molecule has 0 aromatic heterocycles. The highest BCUT2D eigenvalue weighted by atomic mass is 15.2. The molecule has 15 heavy (non-hydrogen) atoms. The zero-order chi connectivity index (χ0) is 11.7. The topological polar surface area (TPSA) is 3.24 Å². The molecule has 0 bridgehead atoms. The van der Waals surface area contributed by atoms with Crippen molar-refractivity contribution in [1.82, 2.24) is 4.90 Å². The first-order chi connectivity index (χ1) is 6.79. The highest BCUT2D eigenvalue weighted by molar-refractivity contribution is 4.95. The molecular formula is C14H29N. The van der Waals surface area contributed by atoms with Crippen molar-refractivity contribution >= 4 is 0 Å². The molecule has 0 amide bonds. The van der Waals surface area contributed by atoms with Gasteiger partial charge in [-0.05, 0) is 52.0 Å². The average molecular weight is 211 g/mol. The minimum atomic E-state index is 0.339. The summed E-state index contributed by atoms with van der Waals surface area (Å²) in [5.74, 6) is 0. The van der Waals surface area contributed by atoms with Gasteiger partial charge in [-0.1, -0.05) is 27.2 Å². The maximum atomic E-state index is 2.72. The molecule has 90 valence electrons. The van der Waals surface area contributed by atoms with E-state index in [0.717, 1.165) is 6.04 Å². The van der Waals surface area contributed by atoms with Crippen LogP contribution in [0.1, 0.15) is 67.2 Å². The first-order valence-electron chi connectivity index (χ1n) is 6.56. The van der Waals surface area contributed by atoms with Crippen LogP contribution in [-0.4, -0.2) is 23.0 Å². The molecule has 1 saturated heterocycles. The average Bonchev–Trinajstić information content (AvgIpc) is 2.49. The summed E-state index contributed by atoms with van der Waals surface area (Å²) in [4.78, 5) is 2.72. The van der Waals surface area contributed by atoms with Gasteiger partial charge in [-0.2, -0.15) is 0 Å². The summed E-state index contributed by atoms with van der Waals surface area (Å²) in [6.45, 7) is 15.6. The molecule has 1 rings (SSSR count). The van der Waals surface area contributed by atoms with Crippen LogP contribution in [0, 0.1) is 5.41 Å². The lowest BCUT2D eigenvalue weighted by Crippen LogP contribution is -2.50. The highest BCUT2D eigenvalue weighted by Gasteiger charge is 2.40. The molecule has 1 aliphatic heterocycles. The fourth-order valence-electron chi connectivity index (χ4n) is 3.19. The second-order valence-corrected chi connectivity index (χ2v) is 6.76. The summed E-state index contributed by atoms with van der Waals surface area (Å²) in [6, 6.07) is 0.789. The predicted octanol–water partition coefficient (Wildman–Crippen LogP) is 4.08. The van der Waals surface area contributed by atoms with E-state index in [4.69, 9.17) is 0 Å². The third-order valence-corrected chi connectivity index (χ3v) is 3.91. The van der Waals surface area contributed by atoms with E-state index < -0.39 is 0 Å². The van der Waals surface area contributed by atoms with Crippen LogP contribution in [0.3, 0.4) is 0 Å². The first-order valence-corrected chi connectivity index (χ1v) is 6.56. The van der Waals surface area contributed by atoms with Crippen LogP contribution in [0.5, 0.6) is 0 Å². The van der Waals surface area contributed by atoms with E-state index in [-0.39, 0.29) is 0 Å². The van der Waals surface area contributed by atoms with Gasteiger partial charge in [-0.25, -0.2) is 0 Å². The Bertz CT molecular complexity index is 200. The second kappa shape index (κ2) is 4.45. The summed E-state index contributed by atoms with van der Waals surface area (Å²) in [5, 5.41) is 0. The molecule has 0 N–H and O–H groups in total. The van der Waals surface area contributed by atoms with Crippen LogP contribution in [0.25, 0.3) is 0 Å². The molecule has 1 heteroatoms. The molecule has 0 saturated carbocycles. The van der Waals surface area contributed by atoms with E-state index in [1.54, 1.807) is 0 Å². The summed E-state index contributed by atoms with van der Waals surface area (Å²) >= 11 is 0. The SMILES string of the molecule is CCCC(C)(C)C1CCCN1C(C)(C)C. The summed E-state index contributed by atoms with van der Waals surface area (Å²) in [6.07, 6.45) is 5.44. The van der Waals surface area contributed by atoms with Gasteiger partial charge in [0.1, 0.15) is 0 Å². The zero-order valence-corrected chi connectivity index (χ0v) is 11.6. The number of hydrogen-bond donors (Lipinski definition) is 0. The molecule has 1 aliphatic rings. The molecule has 0 aromatic carbocycles. The van der Waals surface area contributed by atoms with E-state index in [1.165, 1.54) is 32.2 Å². The molecule has 1 fully saturated rings. The van der Waals surface area contributed by atoms with Crippen molar-refractivity contribution in [2.45, 2.75) is 78.8 Å². The Kier molecular flexibility index (Phi) is 3.86. The van der Waals surface area contributed by atoms with Gasteiger partial charge in [0.25, 0.3) is 0 Å². The van der Waals surface area contributed by atoms with E-state index in [0.29, 0.717) is 11.0 Å². The minimum Gasteiger partial charge on any atom is -0.295 e. The van der Waals surface area contributed by atoms with Crippen molar-refractivity contribution in [3.05, 3.63) is 0 Å². The van der Waals surface area contributed by atoms with E-state index in [1.807, 2.05) is 0 Å². The Hall–Kier alpha value is -0.0400. The van der Waals surface area contributed by atoms with Crippen LogP contribution in [0.4, 0.5) is 0 Å². The Labute approximate surface area is 96.2 Å². The van der Waals surface area contributed by atoms with Gasteiger partial charge in [-0.3, -0.25) is 4.90 Å². The molecule has 0 spiro atoms. The molecule has 1 atom stereocenters. The van der Waals surface area contributed by atoms with Crippen LogP contribution in [-0.2, 0) is 0 Å². The molecular weight excluding hydrogens is 182 g/mol. The molecule has 0 radical (unpaired) electrons. The van der Waals surface area contributed by atoms with Gasteiger partial charge in [0, 0.05) is 11.6 Å². The minimum absolute atomic E-state index is 0.339. The highest BCUT2D eigenvalue weighted by Crippen LogP contribution is 2.39. The van der Waals surface area contributed by atoms with Crippen molar-refractivity contribution in [1.29, 1.82) is 0 Å².